The Morgan fingerprint density at radius 1 is 1.08 bits per heavy atom. The van der Waals surface area contributed by atoms with Crippen molar-refractivity contribution in [3.8, 4) is 0 Å². The first-order valence-corrected chi connectivity index (χ1v) is 12.2. The summed E-state index contributed by atoms with van der Waals surface area (Å²) in [5, 5.41) is 3.22. The Morgan fingerprint density at radius 2 is 1.81 bits per heavy atom. The molecule has 3 aromatic heterocycles. The highest BCUT2D eigenvalue weighted by molar-refractivity contribution is 5.95. The van der Waals surface area contributed by atoms with Gasteiger partial charge in [-0.25, -0.2) is 28.7 Å². The Bertz CT molecular complexity index is 1430. The largest absolute Gasteiger partial charge is 0.345 e. The molecule has 0 bridgehead atoms. The number of nitrogens with one attached hydrogen (secondary N) is 1. The second-order valence-corrected chi connectivity index (χ2v) is 9.29. The van der Waals surface area contributed by atoms with Crippen LogP contribution in [0.2, 0.25) is 0 Å². The molecule has 0 aliphatic carbocycles. The third-order valence-corrected chi connectivity index (χ3v) is 6.67. The molecule has 0 atom stereocenters. The molecule has 0 saturated carbocycles. The van der Waals surface area contributed by atoms with Gasteiger partial charge in [-0.3, -0.25) is 4.79 Å². The van der Waals surface area contributed by atoms with Crippen LogP contribution in [-0.4, -0.2) is 62.5 Å². The Labute approximate surface area is 213 Å². The molecule has 11 heteroatoms. The molecule has 37 heavy (non-hydrogen) atoms. The van der Waals surface area contributed by atoms with Crippen molar-refractivity contribution in [1.82, 2.24) is 29.4 Å². The number of carbonyl (C=O) groups excluding carboxylic acids is 1. The second-order valence-electron chi connectivity index (χ2n) is 9.29. The van der Waals surface area contributed by atoms with E-state index in [0.717, 1.165) is 37.9 Å². The molecule has 1 saturated heterocycles. The molecule has 1 aromatic carbocycles. The van der Waals surface area contributed by atoms with Crippen LogP contribution in [0.25, 0.3) is 11.0 Å². The normalized spacial score (nSPS) is 14.2. The van der Waals surface area contributed by atoms with Crippen molar-refractivity contribution in [1.29, 1.82) is 0 Å². The fraction of sp³-hybridized carbons (Fsp3) is 0.346. The quantitative estimate of drug-likeness (QED) is 0.416. The maximum absolute atomic E-state index is 15.2. The summed E-state index contributed by atoms with van der Waals surface area (Å²) in [4.78, 5) is 33.1. The van der Waals surface area contributed by atoms with Gasteiger partial charge in [0.25, 0.3) is 5.91 Å². The van der Waals surface area contributed by atoms with Gasteiger partial charge >= 0.3 is 0 Å². The standard InChI is InChI=1S/C26H28F2N8O/c1-4-16-12-29-26(30-13-16)35-9-7-18(8-10-35)36-14-21(28)22-23(31-15-32-24(22)36)33-17-5-6-19(20(27)11-17)25(37)34(2)3/h5-6,11-15,18H,4,7-10H2,1-3H3,(H,31,32,33). The predicted molar refractivity (Wildman–Crippen MR) is 137 cm³/mol. The molecule has 4 aromatic rings. The molecule has 1 amide bonds. The van der Waals surface area contributed by atoms with Crippen molar-refractivity contribution in [2.24, 2.45) is 0 Å². The zero-order valence-electron chi connectivity index (χ0n) is 20.9. The number of anilines is 3. The van der Waals surface area contributed by atoms with Crippen LogP contribution in [0.5, 0.6) is 0 Å². The summed E-state index contributed by atoms with van der Waals surface area (Å²) in [5.41, 5.74) is 1.87. The van der Waals surface area contributed by atoms with Gasteiger partial charge in [-0.15, -0.1) is 0 Å². The lowest BCUT2D eigenvalue weighted by Crippen LogP contribution is -2.35. The fourth-order valence-corrected chi connectivity index (χ4v) is 4.59. The number of carbonyl (C=O) groups is 1. The topological polar surface area (TPSA) is 92.1 Å². The molecule has 9 nitrogen and oxygen atoms in total. The highest BCUT2D eigenvalue weighted by atomic mass is 19.1. The third-order valence-electron chi connectivity index (χ3n) is 6.67. The van der Waals surface area contributed by atoms with Crippen LogP contribution in [0.4, 0.5) is 26.2 Å². The summed E-state index contributed by atoms with van der Waals surface area (Å²) in [6.45, 7) is 3.55. The number of hydrogen-bond donors (Lipinski definition) is 1. The van der Waals surface area contributed by atoms with Crippen LogP contribution in [0.1, 0.15) is 41.7 Å². The monoisotopic (exact) mass is 506 g/mol. The maximum Gasteiger partial charge on any atom is 0.256 e. The number of piperidine rings is 1. The number of halogens is 2. The molecule has 192 valence electrons. The molecule has 5 rings (SSSR count). The highest BCUT2D eigenvalue weighted by Gasteiger charge is 2.26. The number of rotatable bonds is 6. The van der Waals surface area contributed by atoms with Crippen LogP contribution < -0.4 is 10.2 Å². The van der Waals surface area contributed by atoms with Gasteiger partial charge in [0.2, 0.25) is 5.95 Å². The van der Waals surface area contributed by atoms with Crippen LogP contribution in [0.15, 0.2) is 43.1 Å². The SMILES string of the molecule is CCc1cnc(N2CCC(n3cc(F)c4c(Nc5ccc(C(=O)N(C)C)c(F)c5)ncnc43)CC2)nc1. The fourth-order valence-electron chi connectivity index (χ4n) is 4.59. The minimum atomic E-state index is -0.674. The summed E-state index contributed by atoms with van der Waals surface area (Å²) in [5.74, 6) is -0.633. The molecule has 0 radical (unpaired) electrons. The Hall–Kier alpha value is -4.15. The van der Waals surface area contributed by atoms with E-state index in [1.54, 1.807) is 20.2 Å². The van der Waals surface area contributed by atoms with Crippen LogP contribution in [0.3, 0.4) is 0 Å². The van der Waals surface area contributed by atoms with Gasteiger partial charge in [0, 0.05) is 57.5 Å². The van der Waals surface area contributed by atoms with Gasteiger partial charge in [-0.1, -0.05) is 6.92 Å². The number of amides is 1. The Balaban J connectivity index is 1.35. The van der Waals surface area contributed by atoms with Crippen molar-refractivity contribution >= 4 is 34.4 Å². The first kappa shape index (κ1) is 24.5. The zero-order chi connectivity index (χ0) is 26.1. The van der Waals surface area contributed by atoms with Gasteiger partial charge in [0.1, 0.15) is 23.6 Å². The summed E-state index contributed by atoms with van der Waals surface area (Å²) in [7, 11) is 3.11. The highest BCUT2D eigenvalue weighted by Crippen LogP contribution is 2.33. The molecular weight excluding hydrogens is 478 g/mol. The van der Waals surface area contributed by atoms with E-state index in [9.17, 15) is 9.18 Å². The van der Waals surface area contributed by atoms with Gasteiger partial charge in [0.05, 0.1) is 10.9 Å². The number of fused-ring (bicyclic) bond motifs is 1. The molecule has 4 heterocycles. The number of hydrogen-bond acceptors (Lipinski definition) is 7. The lowest BCUT2D eigenvalue weighted by Gasteiger charge is -2.32. The molecule has 1 N–H and O–H groups in total. The summed E-state index contributed by atoms with van der Waals surface area (Å²) in [6.07, 6.45) is 8.98. The lowest BCUT2D eigenvalue weighted by atomic mass is 10.1. The van der Waals surface area contributed by atoms with Crippen molar-refractivity contribution in [3.63, 3.8) is 0 Å². The minimum Gasteiger partial charge on any atom is -0.345 e. The number of aryl methyl sites for hydroxylation is 1. The summed E-state index contributed by atoms with van der Waals surface area (Å²) >= 11 is 0. The summed E-state index contributed by atoms with van der Waals surface area (Å²) in [6, 6.07) is 4.21. The van der Waals surface area contributed by atoms with Gasteiger partial charge in [-0.2, -0.15) is 0 Å². The lowest BCUT2D eigenvalue weighted by molar-refractivity contribution is 0.0823. The van der Waals surface area contributed by atoms with Gasteiger partial charge < -0.3 is 19.7 Å². The average Bonchev–Trinajstić information content (AvgIpc) is 3.26. The molecule has 0 unspecified atom stereocenters. The maximum atomic E-state index is 15.2. The molecule has 1 aliphatic rings. The zero-order valence-corrected chi connectivity index (χ0v) is 20.9. The van der Waals surface area contributed by atoms with E-state index < -0.39 is 17.5 Å². The number of benzene rings is 1. The third kappa shape index (κ3) is 4.81. The van der Waals surface area contributed by atoms with Crippen LogP contribution in [0, 0.1) is 11.6 Å². The Morgan fingerprint density at radius 3 is 2.46 bits per heavy atom. The second kappa shape index (κ2) is 10.1. The smallest absolute Gasteiger partial charge is 0.256 e. The van der Waals surface area contributed by atoms with Crippen molar-refractivity contribution in [3.05, 3.63) is 65.9 Å². The van der Waals surface area contributed by atoms with E-state index in [2.05, 4.69) is 37.1 Å². The van der Waals surface area contributed by atoms with E-state index in [4.69, 9.17) is 0 Å². The van der Waals surface area contributed by atoms with Gasteiger partial charge in [-0.05, 0) is 43.0 Å². The number of aromatic nitrogens is 5. The molecule has 0 spiro atoms. The first-order chi connectivity index (χ1) is 17.9. The van der Waals surface area contributed by atoms with E-state index in [-0.39, 0.29) is 22.8 Å². The van der Waals surface area contributed by atoms with Crippen LogP contribution >= 0.6 is 0 Å². The summed E-state index contributed by atoms with van der Waals surface area (Å²) < 4.78 is 31.6. The number of nitrogens with zero attached hydrogens (tertiary/aromatic N) is 7. The molecular formula is C26H28F2N8O. The van der Waals surface area contributed by atoms with E-state index >= 15 is 4.39 Å². The predicted octanol–water partition coefficient (Wildman–Crippen LogP) is 4.35. The Kier molecular flexibility index (Phi) is 6.68. The van der Waals surface area contributed by atoms with E-state index in [0.29, 0.717) is 17.3 Å². The first-order valence-electron chi connectivity index (χ1n) is 12.2. The molecule has 1 fully saturated rings. The molecule has 1 aliphatic heterocycles. The van der Waals surface area contributed by atoms with E-state index in [1.807, 2.05) is 17.0 Å². The van der Waals surface area contributed by atoms with Gasteiger partial charge in [0.15, 0.2) is 5.82 Å². The van der Waals surface area contributed by atoms with Crippen molar-refractivity contribution in [2.45, 2.75) is 32.2 Å². The minimum absolute atomic E-state index is 0.0428. The van der Waals surface area contributed by atoms with Crippen molar-refractivity contribution < 1.29 is 13.6 Å². The van der Waals surface area contributed by atoms with Crippen molar-refractivity contribution in [2.75, 3.05) is 37.4 Å². The van der Waals surface area contributed by atoms with Crippen LogP contribution in [-0.2, 0) is 6.42 Å². The van der Waals surface area contributed by atoms with E-state index in [1.165, 1.54) is 29.6 Å². The average molecular weight is 507 g/mol.